The number of methoxy groups -OCH3 is 1. The van der Waals surface area contributed by atoms with Crippen LogP contribution in [0.2, 0.25) is 0 Å². The first kappa shape index (κ1) is 59.8. The Morgan fingerprint density at radius 2 is 1.37 bits per heavy atom. The number of para-hydroxylation sites is 2. The van der Waals surface area contributed by atoms with Crippen LogP contribution in [0.15, 0.2) is 91.0 Å². The van der Waals surface area contributed by atoms with Crippen LogP contribution < -0.4 is 29.3 Å². The van der Waals surface area contributed by atoms with Gasteiger partial charge in [-0.15, -0.1) is 0 Å². The van der Waals surface area contributed by atoms with Crippen molar-refractivity contribution in [1.82, 2.24) is 4.90 Å². The van der Waals surface area contributed by atoms with E-state index in [1.807, 2.05) is 84.8 Å². The molecule has 5 aromatic rings. The first-order chi connectivity index (χ1) is 39.8. The van der Waals surface area contributed by atoms with E-state index in [0.29, 0.717) is 101 Å². The smallest absolute Gasteiger partial charge is 0.272 e. The molecule has 5 heterocycles. The van der Waals surface area contributed by atoms with E-state index in [0.717, 1.165) is 48.1 Å². The number of amides is 5. The minimum absolute atomic E-state index is 0.0312. The summed E-state index contributed by atoms with van der Waals surface area (Å²) < 4.78 is 51.1. The number of ketones is 1. The second-order valence-corrected chi connectivity index (χ2v) is 28.6. The number of likely N-dealkylation sites (tertiary alicyclic amines) is 1. The molecule has 1 fully saturated rings. The summed E-state index contributed by atoms with van der Waals surface area (Å²) in [4.78, 5) is 84.7. The molecule has 4 atom stereocenters. The van der Waals surface area contributed by atoms with E-state index in [4.69, 9.17) is 18.4 Å². The molecule has 0 spiro atoms. The highest BCUT2D eigenvalue weighted by Gasteiger charge is 2.48. The van der Waals surface area contributed by atoms with E-state index in [1.54, 1.807) is 51.8 Å². The average Bonchev–Trinajstić information content (AvgIpc) is 3.31. The van der Waals surface area contributed by atoms with Gasteiger partial charge in [-0.05, 0) is 172 Å². The fourth-order valence-corrected chi connectivity index (χ4v) is 16.5. The largest absolute Gasteiger partial charge is 0.493 e. The van der Waals surface area contributed by atoms with E-state index in [1.165, 1.54) is 22.2 Å². The summed E-state index contributed by atoms with van der Waals surface area (Å²) in [6.07, 6.45) is 7.43. The second kappa shape index (κ2) is 25.5. The van der Waals surface area contributed by atoms with E-state index in [9.17, 15) is 37.2 Å². The van der Waals surface area contributed by atoms with Crippen LogP contribution in [0.4, 0.5) is 17.1 Å². The number of benzene rings is 5. The maximum atomic E-state index is 14.5. The zero-order valence-electron chi connectivity index (χ0n) is 47.7. The van der Waals surface area contributed by atoms with Crippen molar-refractivity contribution >= 4 is 95.8 Å². The number of hydrogen-bond acceptors (Lipinski definition) is 15. The number of Topliss-reactive ketones (excluding diaryl/α,β-unsaturated/α-hetero) is 1. The third-order valence-corrected chi connectivity index (χ3v) is 22.4. The number of carbonyl (C=O) groups is 6. The molecule has 5 aromatic carbocycles. The Morgan fingerprint density at radius 1 is 0.723 bits per heavy atom. The zero-order chi connectivity index (χ0) is 58.7. The fourth-order valence-electron chi connectivity index (χ4n) is 12.0. The second-order valence-electron chi connectivity index (χ2n) is 22.5. The number of aryl methyl sites for hydroxylation is 2. The molecule has 1 N–H and O–H groups in total. The number of rotatable bonds is 24. The monoisotopic (exact) mass is 1200 g/mol. The standard InChI is InChI=1S/C63H70N4O12S4/c1-38-25-48-44(33-57(83(74,75)77-5)52-30-43-14-8-10-18-51(43)67(52)61(48)72)32-53(38)78-36-39-26-40(37-79-55-31-41-19-20-46-29-42-13-7-9-17-50(42)66(46)60(71)49(41)34-54(55)76-4)28-45(27-39)64-58(69)21-22-63(2,3)82-81-24-12-16-47(68)15-11-23-65-59(70)35-56(80-6)62(65)73/h7-10,13-14,17-18,25-28,31-32,34,46,52,56-57H,11-12,15-16,19-24,29-30,33,35-37H2,1-6H3,(H,64,69)/t46-,52+,56?,57?/m1/s1. The van der Waals surface area contributed by atoms with Crippen molar-refractivity contribution in [2.75, 3.05) is 47.9 Å². The summed E-state index contributed by atoms with van der Waals surface area (Å²) in [6.45, 7) is 6.43. The molecule has 20 heteroatoms. The van der Waals surface area contributed by atoms with Crippen molar-refractivity contribution in [1.29, 1.82) is 0 Å². The van der Waals surface area contributed by atoms with Gasteiger partial charge in [0.1, 0.15) is 30.0 Å². The van der Waals surface area contributed by atoms with Crippen LogP contribution in [0.1, 0.15) is 125 Å². The number of thioether (sulfide) groups is 1. The van der Waals surface area contributed by atoms with Crippen molar-refractivity contribution < 1.29 is 55.6 Å². The lowest BCUT2D eigenvalue weighted by Gasteiger charge is -2.28. The molecule has 83 heavy (non-hydrogen) atoms. The maximum absolute atomic E-state index is 14.5. The third kappa shape index (κ3) is 13.2. The lowest BCUT2D eigenvalue weighted by molar-refractivity contribution is -0.138. The van der Waals surface area contributed by atoms with Crippen LogP contribution in [0.3, 0.4) is 0 Å². The fraction of sp³-hybridized carbons (Fsp3) is 0.429. The molecule has 16 nitrogen and oxygen atoms in total. The Labute approximate surface area is 498 Å². The van der Waals surface area contributed by atoms with Crippen LogP contribution in [-0.4, -0.2) is 109 Å². The number of anilines is 3. The summed E-state index contributed by atoms with van der Waals surface area (Å²) >= 11 is 1.38. The highest BCUT2D eigenvalue weighted by molar-refractivity contribution is 8.77. The Bertz CT molecular complexity index is 3480. The molecule has 5 amide bonds. The number of fused-ring (bicyclic) bond motifs is 8. The van der Waals surface area contributed by atoms with Gasteiger partial charge in [-0.2, -0.15) is 20.2 Å². The van der Waals surface area contributed by atoms with Gasteiger partial charge in [0.15, 0.2) is 11.5 Å². The van der Waals surface area contributed by atoms with Crippen LogP contribution in [-0.2, 0) is 72.4 Å². The summed E-state index contributed by atoms with van der Waals surface area (Å²) in [6, 6.07) is 27.8. The highest BCUT2D eigenvalue weighted by atomic mass is 33.1. The van der Waals surface area contributed by atoms with Gasteiger partial charge in [0.05, 0.1) is 25.5 Å². The first-order valence-corrected chi connectivity index (χ1v) is 33.3. The normalized spacial score (nSPS) is 19.1. The lowest BCUT2D eigenvalue weighted by atomic mass is 9.97. The summed E-state index contributed by atoms with van der Waals surface area (Å²) in [5.74, 6) is 1.35. The number of hydrogen-bond donors (Lipinski definition) is 1. The first-order valence-electron chi connectivity index (χ1n) is 28.2. The molecule has 0 bridgehead atoms. The van der Waals surface area contributed by atoms with Gasteiger partial charge in [-0.1, -0.05) is 58.0 Å². The van der Waals surface area contributed by atoms with Crippen LogP contribution in [0.25, 0.3) is 0 Å². The number of nitrogens with one attached hydrogen (secondary N) is 1. The Hall–Kier alpha value is -6.32. The van der Waals surface area contributed by atoms with Crippen LogP contribution in [0, 0.1) is 6.92 Å². The molecule has 0 saturated carbocycles. The van der Waals surface area contributed by atoms with E-state index >= 15 is 0 Å². The molecule has 1 saturated heterocycles. The number of nitrogens with zero attached hydrogens (tertiary/aromatic N) is 3. The Kier molecular flexibility index (Phi) is 18.4. The average molecular weight is 1200 g/mol. The molecule has 0 aliphatic carbocycles. The quantitative estimate of drug-likeness (QED) is 0.0265. The van der Waals surface area contributed by atoms with E-state index in [-0.39, 0.29) is 90.4 Å². The molecule has 5 aliphatic heterocycles. The molecular formula is C63H70N4O12S4. The Balaban J connectivity index is 0.819. The van der Waals surface area contributed by atoms with Gasteiger partial charge in [0.2, 0.25) is 17.7 Å². The summed E-state index contributed by atoms with van der Waals surface area (Å²) in [5, 5.41) is 1.76. The van der Waals surface area contributed by atoms with E-state index in [2.05, 4.69) is 25.2 Å². The zero-order valence-corrected chi connectivity index (χ0v) is 50.9. The van der Waals surface area contributed by atoms with Gasteiger partial charge < -0.3 is 29.3 Å². The predicted octanol–water partition coefficient (Wildman–Crippen LogP) is 10.7. The van der Waals surface area contributed by atoms with Crippen molar-refractivity contribution in [3.63, 3.8) is 0 Å². The van der Waals surface area contributed by atoms with Crippen molar-refractivity contribution in [3.05, 3.63) is 141 Å². The van der Waals surface area contributed by atoms with Gasteiger partial charge in [-0.25, -0.2) is 0 Å². The van der Waals surface area contributed by atoms with E-state index < -0.39 is 21.4 Å². The minimum atomic E-state index is -4.10. The minimum Gasteiger partial charge on any atom is -0.493 e. The SMILES string of the molecule is COc1cc2c(cc1OCc1cc(COc3cc4c(cc3C)C(=O)N3c5ccccc5C[C@H]3C(S(=O)(=O)OC)C4)cc(NC(=O)CCC(C)(C)SSCCCC(=O)CCCN3C(=O)CC(SC)C3=O)c1)CC[C@@H]1Cc3ccccc3N1C2=O. The lowest BCUT2D eigenvalue weighted by Crippen LogP contribution is -2.47. The van der Waals surface area contributed by atoms with Crippen molar-refractivity contribution in [2.45, 2.75) is 138 Å². The summed E-state index contributed by atoms with van der Waals surface area (Å²) in [5.41, 5.74) is 8.71. The number of ether oxygens (including phenoxy) is 3. The molecule has 0 radical (unpaired) electrons. The topological polar surface area (TPSA) is 195 Å². The van der Waals surface area contributed by atoms with Gasteiger partial charge in [0.25, 0.3) is 21.9 Å². The van der Waals surface area contributed by atoms with Crippen molar-refractivity contribution in [2.24, 2.45) is 0 Å². The van der Waals surface area contributed by atoms with Crippen molar-refractivity contribution in [3.8, 4) is 17.2 Å². The molecule has 5 aliphatic rings. The van der Waals surface area contributed by atoms with Gasteiger partial charge >= 0.3 is 0 Å². The molecule has 2 unspecified atom stereocenters. The molecule has 438 valence electrons. The Morgan fingerprint density at radius 3 is 2.07 bits per heavy atom. The molecule has 10 rings (SSSR count). The predicted molar refractivity (Wildman–Crippen MR) is 327 cm³/mol. The van der Waals surface area contributed by atoms with Crippen LogP contribution >= 0.6 is 33.3 Å². The van der Waals surface area contributed by atoms with Gasteiger partial charge in [-0.3, -0.25) is 37.9 Å². The van der Waals surface area contributed by atoms with Gasteiger partial charge in [0, 0.05) is 77.0 Å². The highest BCUT2D eigenvalue weighted by Crippen LogP contribution is 2.44. The van der Waals surface area contributed by atoms with Crippen LogP contribution in [0.5, 0.6) is 17.2 Å². The number of imide groups is 1. The number of carbonyl (C=O) groups excluding carboxylic acids is 6. The summed E-state index contributed by atoms with van der Waals surface area (Å²) in [7, 11) is 1.95. The molecule has 0 aromatic heterocycles. The maximum Gasteiger partial charge on any atom is 0.272 e. The third-order valence-electron chi connectivity index (χ3n) is 16.3. The molecular weight excluding hydrogens is 1130 g/mol.